The van der Waals surface area contributed by atoms with Gasteiger partial charge in [0.1, 0.15) is 6.04 Å². The second-order valence-corrected chi connectivity index (χ2v) is 17.1. The lowest BCUT2D eigenvalue weighted by atomic mass is 9.65. The van der Waals surface area contributed by atoms with Crippen molar-refractivity contribution in [1.29, 1.82) is 0 Å². The summed E-state index contributed by atoms with van der Waals surface area (Å²) in [5, 5.41) is 9.28. The predicted octanol–water partition coefficient (Wildman–Crippen LogP) is 6.32. The van der Waals surface area contributed by atoms with E-state index in [1.165, 1.54) is 0 Å². The Hall–Kier alpha value is -2.58. The van der Waals surface area contributed by atoms with Gasteiger partial charge >= 0.3 is 0 Å². The van der Waals surface area contributed by atoms with E-state index in [-0.39, 0.29) is 40.9 Å². The summed E-state index contributed by atoms with van der Waals surface area (Å²) in [4.78, 5) is 50.1. The number of carbonyl (C=O) groups excluding carboxylic acids is 3. The molecule has 2 bridgehead atoms. The van der Waals surface area contributed by atoms with Crippen molar-refractivity contribution in [1.82, 2.24) is 14.7 Å². The van der Waals surface area contributed by atoms with Crippen LogP contribution in [-0.2, 0) is 20.9 Å². The second-order valence-electron chi connectivity index (χ2n) is 15.5. The number of benzene rings is 1. The molecule has 0 aromatic heterocycles. The summed E-state index contributed by atoms with van der Waals surface area (Å²) in [6.07, 6.45) is 8.36. The number of amides is 3. The van der Waals surface area contributed by atoms with Crippen molar-refractivity contribution in [3.05, 3.63) is 61.2 Å². The van der Waals surface area contributed by atoms with E-state index in [9.17, 15) is 14.7 Å². The number of rotatable bonds is 16. The molecule has 0 radical (unpaired) electrons. The van der Waals surface area contributed by atoms with E-state index in [2.05, 4.69) is 54.7 Å². The summed E-state index contributed by atoms with van der Waals surface area (Å²) in [7, 11) is 0. The minimum absolute atomic E-state index is 0.0133. The van der Waals surface area contributed by atoms with Crippen LogP contribution in [0.5, 0.6) is 0 Å². The summed E-state index contributed by atoms with van der Waals surface area (Å²) < 4.78 is -0.673. The number of aliphatic hydroxyl groups excluding tert-OH is 1. The molecule has 0 aliphatic carbocycles. The first-order valence-corrected chi connectivity index (χ1v) is 18.1. The van der Waals surface area contributed by atoms with E-state index in [4.69, 9.17) is 0 Å². The van der Waals surface area contributed by atoms with Crippen molar-refractivity contribution in [2.24, 2.45) is 23.2 Å². The monoisotopic (exact) mass is 651 g/mol. The number of hydrogen-bond acceptors (Lipinski definition) is 5. The largest absolute Gasteiger partial charge is 0.396 e. The van der Waals surface area contributed by atoms with Crippen molar-refractivity contribution in [2.75, 3.05) is 26.2 Å². The molecule has 3 aliphatic rings. The fourth-order valence-corrected chi connectivity index (χ4v) is 11.2. The minimum atomic E-state index is -0.673. The zero-order chi connectivity index (χ0) is 33.9. The number of carbonyl (C=O) groups is 3. The molecule has 1 aromatic rings. The zero-order valence-electron chi connectivity index (χ0n) is 29.0. The van der Waals surface area contributed by atoms with E-state index in [1.807, 2.05) is 45.0 Å². The molecule has 3 saturated heterocycles. The molecule has 3 aliphatic heterocycles. The van der Waals surface area contributed by atoms with Gasteiger partial charge in [-0.1, -0.05) is 83.0 Å². The van der Waals surface area contributed by atoms with Gasteiger partial charge in [0.05, 0.1) is 16.6 Å². The number of unbranched alkanes of at least 4 members (excludes halogenated alkanes) is 3. The van der Waals surface area contributed by atoms with Crippen molar-refractivity contribution >= 4 is 29.5 Å². The Morgan fingerprint density at radius 3 is 2.28 bits per heavy atom. The molecule has 8 heteroatoms. The molecule has 1 spiro atoms. The molecule has 254 valence electrons. The molecule has 1 N–H and O–H groups in total. The van der Waals surface area contributed by atoms with Crippen molar-refractivity contribution in [3.63, 3.8) is 0 Å². The van der Waals surface area contributed by atoms with Gasteiger partial charge in [0.15, 0.2) is 0 Å². The molecule has 3 amide bonds. The third kappa shape index (κ3) is 7.13. The highest BCUT2D eigenvalue weighted by Gasteiger charge is 2.76. The highest BCUT2D eigenvalue weighted by molar-refractivity contribution is 8.02. The number of aliphatic hydroxyl groups is 1. The SMILES string of the molecule is C=CCN(Cc1ccccc1)C(=O)[C@@H]1[C@H]2C(=O)N(CCCCCCO)C(C(=O)N(CC=C)C(C)(C)CC(C)(C)C)C23S[C@@H]1CC3C. The van der Waals surface area contributed by atoms with E-state index in [0.717, 1.165) is 44.1 Å². The van der Waals surface area contributed by atoms with Crippen molar-refractivity contribution in [2.45, 2.75) is 108 Å². The van der Waals surface area contributed by atoms with Gasteiger partial charge in [-0.05, 0) is 56.4 Å². The molecule has 4 rings (SSSR count). The lowest BCUT2D eigenvalue weighted by molar-refractivity contribution is -0.147. The summed E-state index contributed by atoms with van der Waals surface area (Å²) in [6.45, 7) is 22.8. The Kier molecular flexibility index (Phi) is 11.6. The van der Waals surface area contributed by atoms with E-state index in [0.29, 0.717) is 26.2 Å². The van der Waals surface area contributed by atoms with Gasteiger partial charge in [-0.3, -0.25) is 14.4 Å². The Bertz CT molecular complexity index is 1260. The number of fused-ring (bicyclic) bond motifs is 1. The van der Waals surface area contributed by atoms with Crippen molar-refractivity contribution in [3.8, 4) is 0 Å². The predicted molar refractivity (Wildman–Crippen MR) is 188 cm³/mol. The van der Waals surface area contributed by atoms with Crippen LogP contribution in [0.1, 0.15) is 85.6 Å². The third-order valence-corrected chi connectivity index (χ3v) is 12.3. The van der Waals surface area contributed by atoms with E-state index >= 15 is 4.79 Å². The molecular weight excluding hydrogens is 595 g/mol. The van der Waals surface area contributed by atoms with Gasteiger partial charge in [0.2, 0.25) is 17.7 Å². The first-order chi connectivity index (χ1) is 21.7. The highest BCUT2D eigenvalue weighted by atomic mass is 32.2. The van der Waals surface area contributed by atoms with Gasteiger partial charge < -0.3 is 19.8 Å². The third-order valence-electron chi connectivity index (χ3n) is 10.2. The van der Waals surface area contributed by atoms with Gasteiger partial charge in [-0.2, -0.15) is 0 Å². The normalized spacial score (nSPS) is 27.1. The van der Waals surface area contributed by atoms with Gasteiger partial charge in [-0.25, -0.2) is 0 Å². The second kappa shape index (κ2) is 14.7. The maximum Gasteiger partial charge on any atom is 0.247 e. The Morgan fingerprint density at radius 2 is 1.67 bits per heavy atom. The maximum atomic E-state index is 15.1. The van der Waals surface area contributed by atoms with Gasteiger partial charge in [0, 0.05) is 43.6 Å². The molecule has 1 aromatic carbocycles. The molecule has 6 atom stereocenters. The molecule has 3 fully saturated rings. The average Bonchev–Trinajstić information content (AvgIpc) is 3.57. The number of likely N-dealkylation sites (tertiary alicyclic amines) is 1. The summed E-state index contributed by atoms with van der Waals surface area (Å²) in [6, 6.07) is 9.30. The Morgan fingerprint density at radius 1 is 1.02 bits per heavy atom. The number of hydrogen-bond donors (Lipinski definition) is 1. The molecule has 46 heavy (non-hydrogen) atoms. The molecule has 3 heterocycles. The van der Waals surface area contributed by atoms with Crippen LogP contribution in [0.15, 0.2) is 55.6 Å². The first kappa shape index (κ1) is 36.3. The van der Waals surface area contributed by atoms with Crippen LogP contribution in [-0.4, -0.2) is 85.3 Å². The number of thioether (sulfide) groups is 1. The first-order valence-electron chi connectivity index (χ1n) is 17.2. The van der Waals surface area contributed by atoms with Crippen LogP contribution >= 0.6 is 11.8 Å². The lowest BCUT2D eigenvalue weighted by Gasteiger charge is -2.47. The van der Waals surface area contributed by atoms with Crippen LogP contribution in [0.25, 0.3) is 0 Å². The van der Waals surface area contributed by atoms with Crippen LogP contribution in [0.2, 0.25) is 0 Å². The van der Waals surface area contributed by atoms with Gasteiger partial charge in [0.25, 0.3) is 0 Å². The summed E-state index contributed by atoms with van der Waals surface area (Å²) >= 11 is 1.74. The van der Waals surface area contributed by atoms with E-state index < -0.39 is 28.2 Å². The lowest BCUT2D eigenvalue weighted by Crippen LogP contribution is -2.61. The number of nitrogens with zero attached hydrogens (tertiary/aromatic N) is 3. The Balaban J connectivity index is 1.75. The molecule has 7 nitrogen and oxygen atoms in total. The summed E-state index contributed by atoms with van der Waals surface area (Å²) in [5.74, 6) is -1.02. The highest BCUT2D eigenvalue weighted by Crippen LogP contribution is 2.69. The van der Waals surface area contributed by atoms with Crippen LogP contribution in [0.3, 0.4) is 0 Å². The fraction of sp³-hybridized carbons (Fsp3) is 0.658. The standard InChI is InChI=1S/C38H57N3O4S/c1-9-20-39(25-28-18-14-13-15-19-28)33(43)30-29-24-27(3)38(46-29)31(30)34(44)40(22-16-11-12-17-23-42)32(38)35(45)41(21-10-2)37(7,8)26-36(4,5)6/h9-10,13-15,18-19,27,29-32,42H,1-2,11-12,16-17,20-26H2,3-8H3/t27?,29-,30+,31+,32?,38?/m1/s1. The van der Waals surface area contributed by atoms with Gasteiger partial charge in [-0.15, -0.1) is 24.9 Å². The average molecular weight is 652 g/mol. The minimum Gasteiger partial charge on any atom is -0.396 e. The van der Waals surface area contributed by atoms with E-state index in [1.54, 1.807) is 23.9 Å². The topological polar surface area (TPSA) is 81.2 Å². The molecular formula is C38H57N3O4S. The quantitative estimate of drug-likeness (QED) is 0.167. The summed E-state index contributed by atoms with van der Waals surface area (Å²) in [5.41, 5.74) is 0.554. The van der Waals surface area contributed by atoms with Crippen LogP contribution < -0.4 is 0 Å². The zero-order valence-corrected chi connectivity index (χ0v) is 29.9. The molecule has 3 unspecified atom stereocenters. The van der Waals surface area contributed by atoms with Crippen LogP contribution in [0, 0.1) is 23.2 Å². The van der Waals surface area contributed by atoms with Crippen LogP contribution in [0.4, 0.5) is 0 Å². The fourth-order valence-electron chi connectivity index (χ4n) is 8.78. The Labute approximate surface area is 281 Å². The molecule has 0 saturated carbocycles. The smallest absolute Gasteiger partial charge is 0.247 e. The van der Waals surface area contributed by atoms with Crippen molar-refractivity contribution < 1.29 is 19.5 Å². The maximum absolute atomic E-state index is 15.1.